The molecule has 4 aromatic rings. The van der Waals surface area contributed by atoms with Gasteiger partial charge in [-0.2, -0.15) is 5.10 Å². The molecule has 3 aromatic carbocycles. The molecule has 0 fully saturated rings. The number of aromatic nitrogens is 1. The summed E-state index contributed by atoms with van der Waals surface area (Å²) < 4.78 is 46.3. The van der Waals surface area contributed by atoms with E-state index in [1.54, 1.807) is 37.4 Å². The molecule has 0 aliphatic heterocycles. The number of hydrogen-bond acceptors (Lipinski definition) is 6. The fraction of sp³-hybridized carbons (Fsp3) is 0.115. The van der Waals surface area contributed by atoms with Gasteiger partial charge in [0.25, 0.3) is 15.9 Å². The number of halogens is 2. The van der Waals surface area contributed by atoms with Crippen LogP contribution in [0, 0.1) is 12.7 Å². The quantitative estimate of drug-likeness (QED) is 0.198. The lowest BCUT2D eigenvalue weighted by molar-refractivity contribution is -0.119. The van der Waals surface area contributed by atoms with Gasteiger partial charge in [-0.3, -0.25) is 9.10 Å². The Labute approximate surface area is 218 Å². The lowest BCUT2D eigenvalue weighted by Crippen LogP contribution is -2.39. The van der Waals surface area contributed by atoms with E-state index in [0.29, 0.717) is 16.8 Å². The summed E-state index contributed by atoms with van der Waals surface area (Å²) in [4.78, 5) is 17.0. The van der Waals surface area contributed by atoms with Crippen LogP contribution in [0.15, 0.2) is 82.8 Å². The summed E-state index contributed by atoms with van der Waals surface area (Å²) in [7, 11) is -2.58. The minimum atomic E-state index is -4.14. The van der Waals surface area contributed by atoms with Crippen molar-refractivity contribution < 1.29 is 22.3 Å². The number of pyridine rings is 1. The molecule has 0 spiro atoms. The first kappa shape index (κ1) is 26.1. The molecule has 0 bridgehead atoms. The molecule has 37 heavy (non-hydrogen) atoms. The largest absolute Gasteiger partial charge is 0.497 e. The van der Waals surface area contributed by atoms with Crippen LogP contribution in [0.5, 0.6) is 5.75 Å². The van der Waals surface area contributed by atoms with Crippen LogP contribution >= 0.6 is 11.6 Å². The number of anilines is 1. The Morgan fingerprint density at radius 3 is 2.49 bits per heavy atom. The third-order valence-electron chi connectivity index (χ3n) is 5.41. The van der Waals surface area contributed by atoms with E-state index in [1.807, 2.05) is 13.0 Å². The van der Waals surface area contributed by atoms with E-state index >= 15 is 0 Å². The molecular weight excluding hydrogens is 519 g/mol. The fourth-order valence-electron chi connectivity index (χ4n) is 3.46. The second kappa shape index (κ2) is 10.9. The van der Waals surface area contributed by atoms with Gasteiger partial charge < -0.3 is 4.74 Å². The average molecular weight is 541 g/mol. The summed E-state index contributed by atoms with van der Waals surface area (Å²) >= 11 is 6.26. The summed E-state index contributed by atoms with van der Waals surface area (Å²) in [5, 5.41) is 4.86. The van der Waals surface area contributed by atoms with E-state index in [9.17, 15) is 17.6 Å². The van der Waals surface area contributed by atoms with E-state index in [1.165, 1.54) is 30.5 Å². The Balaban J connectivity index is 1.55. The van der Waals surface area contributed by atoms with Crippen LogP contribution in [0.3, 0.4) is 0 Å². The Morgan fingerprint density at radius 2 is 1.81 bits per heavy atom. The van der Waals surface area contributed by atoms with Crippen LogP contribution in [0.4, 0.5) is 10.1 Å². The summed E-state index contributed by atoms with van der Waals surface area (Å²) in [6, 6.07) is 18.1. The third kappa shape index (κ3) is 6.04. The third-order valence-corrected chi connectivity index (χ3v) is 7.50. The summed E-state index contributed by atoms with van der Waals surface area (Å²) in [5.74, 6) is -0.619. The number of carbonyl (C=O) groups is 1. The van der Waals surface area contributed by atoms with Crippen molar-refractivity contribution in [3.05, 3.63) is 94.9 Å². The molecule has 0 aliphatic carbocycles. The van der Waals surface area contributed by atoms with Crippen molar-refractivity contribution in [1.82, 2.24) is 10.4 Å². The van der Waals surface area contributed by atoms with Gasteiger partial charge in [0.15, 0.2) is 0 Å². The maximum absolute atomic E-state index is 13.5. The molecule has 0 saturated carbocycles. The fourth-order valence-corrected chi connectivity index (χ4v) is 5.07. The van der Waals surface area contributed by atoms with Gasteiger partial charge in [0.1, 0.15) is 23.3 Å². The molecule has 8 nitrogen and oxygen atoms in total. The van der Waals surface area contributed by atoms with Gasteiger partial charge in [0, 0.05) is 17.0 Å². The molecule has 0 radical (unpaired) electrons. The van der Waals surface area contributed by atoms with E-state index in [2.05, 4.69) is 15.5 Å². The number of sulfonamides is 1. The first-order valence-electron chi connectivity index (χ1n) is 11.0. The van der Waals surface area contributed by atoms with Gasteiger partial charge in [0.05, 0.1) is 29.4 Å². The first-order chi connectivity index (χ1) is 17.7. The number of benzene rings is 3. The number of fused-ring (bicyclic) bond motifs is 1. The Kier molecular flexibility index (Phi) is 7.70. The van der Waals surface area contributed by atoms with E-state index in [-0.39, 0.29) is 15.7 Å². The zero-order valence-corrected chi connectivity index (χ0v) is 21.4. The van der Waals surface area contributed by atoms with E-state index in [0.717, 1.165) is 27.4 Å². The van der Waals surface area contributed by atoms with Gasteiger partial charge in [-0.05, 0) is 61.5 Å². The lowest BCUT2D eigenvalue weighted by atomic mass is 10.1. The van der Waals surface area contributed by atoms with Gasteiger partial charge in [-0.25, -0.2) is 23.2 Å². The minimum Gasteiger partial charge on any atom is -0.497 e. The molecule has 4 rings (SSSR count). The Morgan fingerprint density at radius 1 is 1.11 bits per heavy atom. The molecule has 11 heteroatoms. The van der Waals surface area contributed by atoms with Crippen LogP contribution in [-0.4, -0.2) is 39.2 Å². The van der Waals surface area contributed by atoms with Gasteiger partial charge in [-0.15, -0.1) is 0 Å². The SMILES string of the molecule is COc1ccc2cc(/C=N\NC(=O)CN(c3ccc(F)cc3)S(=O)(=O)c3ccc(C)cc3)c(Cl)nc2c1. The van der Waals surface area contributed by atoms with Gasteiger partial charge >= 0.3 is 0 Å². The number of methoxy groups -OCH3 is 1. The van der Waals surface area contributed by atoms with Crippen molar-refractivity contribution in [1.29, 1.82) is 0 Å². The second-order valence-electron chi connectivity index (χ2n) is 8.02. The number of aryl methyl sites for hydroxylation is 1. The van der Waals surface area contributed by atoms with Crippen LogP contribution < -0.4 is 14.5 Å². The van der Waals surface area contributed by atoms with Crippen LogP contribution in [0.2, 0.25) is 5.15 Å². The number of carbonyl (C=O) groups excluding carboxylic acids is 1. The number of hydrogen-bond donors (Lipinski definition) is 1. The number of ether oxygens (including phenoxy) is 1. The topological polar surface area (TPSA) is 101 Å². The van der Waals surface area contributed by atoms with Crippen molar-refractivity contribution in [2.45, 2.75) is 11.8 Å². The zero-order chi connectivity index (χ0) is 26.6. The highest BCUT2D eigenvalue weighted by atomic mass is 35.5. The molecular formula is C26H22ClFN4O4S. The number of amides is 1. The van der Waals surface area contributed by atoms with Crippen molar-refractivity contribution in [2.24, 2.45) is 5.10 Å². The molecule has 0 aliphatic rings. The summed E-state index contributed by atoms with van der Waals surface area (Å²) in [6.07, 6.45) is 1.31. The monoisotopic (exact) mass is 540 g/mol. The van der Waals surface area contributed by atoms with Crippen LogP contribution in [0.25, 0.3) is 10.9 Å². The standard InChI is InChI=1S/C26H22ClFN4O4S/c1-17-3-11-23(12-4-17)37(34,35)32(21-8-6-20(28)7-9-21)16-25(33)31-29-15-19-13-18-5-10-22(36-2)14-24(18)30-26(19)27/h3-15H,16H2,1-2H3,(H,31,33)/b29-15-. The maximum atomic E-state index is 13.5. The molecule has 1 heterocycles. The number of rotatable bonds is 8. The maximum Gasteiger partial charge on any atom is 0.264 e. The van der Waals surface area contributed by atoms with Crippen LogP contribution in [-0.2, 0) is 14.8 Å². The van der Waals surface area contributed by atoms with Crippen molar-refractivity contribution in [3.8, 4) is 5.75 Å². The molecule has 0 saturated heterocycles. The van der Waals surface area contributed by atoms with E-state index in [4.69, 9.17) is 16.3 Å². The normalized spacial score (nSPS) is 11.6. The van der Waals surface area contributed by atoms with Crippen molar-refractivity contribution >= 4 is 50.3 Å². The Bertz CT molecular complexity index is 1580. The van der Waals surface area contributed by atoms with Gasteiger partial charge in [-0.1, -0.05) is 29.3 Å². The molecule has 0 atom stereocenters. The van der Waals surface area contributed by atoms with Crippen molar-refractivity contribution in [3.63, 3.8) is 0 Å². The molecule has 1 amide bonds. The molecule has 1 aromatic heterocycles. The molecule has 0 unspecified atom stereocenters. The predicted octanol–water partition coefficient (Wildman–Crippen LogP) is 4.69. The highest BCUT2D eigenvalue weighted by Gasteiger charge is 2.27. The minimum absolute atomic E-state index is 0.00984. The highest BCUT2D eigenvalue weighted by Crippen LogP contribution is 2.25. The Hall–Kier alpha value is -4.02. The smallest absolute Gasteiger partial charge is 0.264 e. The first-order valence-corrected chi connectivity index (χ1v) is 12.8. The van der Waals surface area contributed by atoms with Crippen LogP contribution in [0.1, 0.15) is 11.1 Å². The molecule has 190 valence electrons. The summed E-state index contributed by atoms with van der Waals surface area (Å²) in [5.41, 5.74) is 4.38. The second-order valence-corrected chi connectivity index (χ2v) is 10.2. The average Bonchev–Trinajstić information content (AvgIpc) is 2.88. The number of nitrogens with zero attached hydrogens (tertiary/aromatic N) is 3. The highest BCUT2D eigenvalue weighted by molar-refractivity contribution is 7.92. The summed E-state index contributed by atoms with van der Waals surface area (Å²) in [6.45, 7) is 1.23. The molecule has 1 N–H and O–H groups in total. The number of nitrogens with one attached hydrogen (secondary N) is 1. The van der Waals surface area contributed by atoms with E-state index < -0.39 is 28.3 Å². The zero-order valence-electron chi connectivity index (χ0n) is 19.9. The predicted molar refractivity (Wildman–Crippen MR) is 141 cm³/mol. The lowest BCUT2D eigenvalue weighted by Gasteiger charge is -2.23. The van der Waals surface area contributed by atoms with Crippen molar-refractivity contribution in [2.75, 3.05) is 18.0 Å². The number of hydrazone groups is 1. The van der Waals surface area contributed by atoms with Gasteiger partial charge in [0.2, 0.25) is 0 Å².